The van der Waals surface area contributed by atoms with Crippen molar-refractivity contribution in [1.29, 1.82) is 0 Å². The smallest absolute Gasteiger partial charge is 0.326 e. The van der Waals surface area contributed by atoms with E-state index in [0.29, 0.717) is 78.9 Å². The number of aliphatic imine (C=N–C) groups is 1. The van der Waals surface area contributed by atoms with E-state index in [2.05, 4.69) is 25.7 Å². The lowest BCUT2D eigenvalue weighted by Crippen LogP contribution is -2.54. The summed E-state index contributed by atoms with van der Waals surface area (Å²) in [4.78, 5) is 26.0. The third-order valence-electron chi connectivity index (χ3n) is 8.85. The molecule has 280 valence electrons. The molecular weight excluding hydrogens is 731 g/mol. The molecule has 0 spiro atoms. The number of amidine groups is 1. The van der Waals surface area contributed by atoms with E-state index >= 15 is 0 Å². The molecule has 9 nitrogen and oxygen atoms in total. The molecule has 0 unspecified atom stereocenters. The maximum Gasteiger partial charge on any atom is 0.326 e. The van der Waals surface area contributed by atoms with Crippen molar-refractivity contribution in [3.05, 3.63) is 93.0 Å². The summed E-state index contributed by atoms with van der Waals surface area (Å²) < 4.78 is 36.1. The summed E-state index contributed by atoms with van der Waals surface area (Å²) in [6.45, 7) is 13.6. The summed E-state index contributed by atoms with van der Waals surface area (Å²) in [7, 11) is -3.10. The van der Waals surface area contributed by atoms with Gasteiger partial charge in [-0.3, -0.25) is 14.8 Å². The predicted octanol–water partition coefficient (Wildman–Crippen LogP) is 8.47. The number of rotatable bonds is 10. The number of urea groups is 1. The summed E-state index contributed by atoms with van der Waals surface area (Å²) in [6.07, 6.45) is 1.25. The molecule has 0 saturated carbocycles. The minimum atomic E-state index is -3.10. The summed E-state index contributed by atoms with van der Waals surface area (Å²) >= 11 is 12.7. The first-order chi connectivity index (χ1) is 23.2. The minimum Gasteiger partial charge on any atom is -0.494 e. The molecule has 1 saturated heterocycles. The Bertz CT molecular complexity index is 1770. The van der Waals surface area contributed by atoms with Crippen LogP contribution in [0.1, 0.15) is 76.4 Å². The molecule has 51 heavy (non-hydrogen) atoms. The first kappa shape index (κ1) is 42.4. The van der Waals surface area contributed by atoms with Gasteiger partial charge in [-0.05, 0) is 66.8 Å². The van der Waals surface area contributed by atoms with Gasteiger partial charge in [0.25, 0.3) is 0 Å². The van der Waals surface area contributed by atoms with Gasteiger partial charge in [0.1, 0.15) is 33.2 Å². The summed E-state index contributed by atoms with van der Waals surface area (Å²) in [5.74, 6) is 1.89. The van der Waals surface area contributed by atoms with Gasteiger partial charge in [0.15, 0.2) is 0 Å². The fraction of sp³-hybridized carbons (Fsp3) is 0.474. The van der Waals surface area contributed by atoms with Gasteiger partial charge in [-0.15, -0.1) is 12.4 Å². The van der Waals surface area contributed by atoms with Crippen molar-refractivity contribution in [2.45, 2.75) is 59.5 Å². The highest BCUT2D eigenvalue weighted by Gasteiger charge is 2.45. The van der Waals surface area contributed by atoms with E-state index in [1.807, 2.05) is 79.4 Å². The molecule has 2 heterocycles. The summed E-state index contributed by atoms with van der Waals surface area (Å²) in [5, 5.41) is 1.19. The number of amides is 2. The zero-order valence-electron chi connectivity index (χ0n) is 29.5. The number of benzene rings is 3. The molecule has 0 aliphatic carbocycles. The van der Waals surface area contributed by atoms with Crippen LogP contribution < -0.4 is 9.47 Å². The van der Waals surface area contributed by atoms with Crippen molar-refractivity contribution in [2.75, 3.05) is 57.9 Å². The van der Waals surface area contributed by atoms with Crippen molar-refractivity contribution in [3.8, 4) is 11.5 Å². The van der Waals surface area contributed by atoms with Gasteiger partial charge in [0.2, 0.25) is 0 Å². The van der Waals surface area contributed by atoms with Crippen LogP contribution in [-0.2, 0) is 15.3 Å². The van der Waals surface area contributed by atoms with Gasteiger partial charge in [0, 0.05) is 54.6 Å². The van der Waals surface area contributed by atoms with Crippen LogP contribution in [0.25, 0.3) is 0 Å². The van der Waals surface area contributed by atoms with Crippen molar-refractivity contribution in [3.63, 3.8) is 0 Å². The normalized spacial score (nSPS) is 18.1. The zero-order valence-corrected chi connectivity index (χ0v) is 32.6. The van der Waals surface area contributed by atoms with E-state index in [1.54, 1.807) is 4.90 Å². The number of carbonyl (C=O) groups excluding carboxylic acids is 1. The lowest BCUT2D eigenvalue weighted by Gasteiger charge is -2.39. The maximum absolute atomic E-state index is 14.9. The summed E-state index contributed by atoms with van der Waals surface area (Å²) in [6, 6.07) is 17.9. The average Bonchev–Trinajstić information content (AvgIpc) is 3.44. The van der Waals surface area contributed by atoms with Crippen LogP contribution in [0, 0.1) is 0 Å². The number of halogens is 3. The molecule has 0 bridgehead atoms. The van der Waals surface area contributed by atoms with E-state index in [4.69, 9.17) is 37.7 Å². The first-order valence-corrected chi connectivity index (χ1v) is 19.5. The molecule has 5 rings (SSSR count). The van der Waals surface area contributed by atoms with Crippen LogP contribution in [0.15, 0.2) is 65.7 Å². The lowest BCUT2D eigenvalue weighted by molar-refractivity contribution is 0.122. The number of hydrogen-bond acceptors (Lipinski definition) is 7. The Balaban J connectivity index is 0.00000351. The second kappa shape index (κ2) is 17.7. The Labute approximate surface area is 320 Å². The number of nitrogens with zero attached hydrogens (tertiary/aromatic N) is 4. The molecule has 0 radical (unpaired) electrons. The fourth-order valence-corrected chi connectivity index (χ4v) is 7.18. The molecule has 3 aromatic carbocycles. The van der Waals surface area contributed by atoms with Crippen LogP contribution in [0.3, 0.4) is 0 Å². The zero-order chi connectivity index (χ0) is 35.5. The molecule has 0 N–H and O–H groups in total. The van der Waals surface area contributed by atoms with Gasteiger partial charge < -0.3 is 14.4 Å². The molecule has 3 aromatic rings. The Hall–Kier alpha value is -3.02. The van der Waals surface area contributed by atoms with E-state index < -0.39 is 21.9 Å². The molecule has 2 aliphatic heterocycles. The average molecular weight is 782 g/mol. The van der Waals surface area contributed by atoms with Gasteiger partial charge in [-0.1, -0.05) is 75.7 Å². The third kappa shape index (κ3) is 10.1. The highest BCUT2D eigenvalue weighted by molar-refractivity contribution is 7.90. The van der Waals surface area contributed by atoms with Gasteiger partial charge in [-0.2, -0.15) is 0 Å². The van der Waals surface area contributed by atoms with Crippen molar-refractivity contribution in [2.24, 2.45) is 4.99 Å². The fourth-order valence-electron chi connectivity index (χ4n) is 6.34. The quantitative estimate of drug-likeness (QED) is 0.205. The van der Waals surface area contributed by atoms with Crippen LogP contribution in [0.5, 0.6) is 11.5 Å². The number of ether oxygens (including phenoxy) is 2. The molecule has 13 heteroatoms. The second-order valence-corrected chi connectivity index (χ2v) is 16.6. The molecule has 2 amide bonds. The Morgan fingerprint density at radius 1 is 0.863 bits per heavy atom. The number of sulfone groups is 1. The van der Waals surface area contributed by atoms with Crippen molar-refractivity contribution in [1.82, 2.24) is 14.7 Å². The maximum atomic E-state index is 14.9. The highest BCUT2D eigenvalue weighted by Crippen LogP contribution is 2.47. The highest BCUT2D eigenvalue weighted by atomic mass is 35.5. The topological polar surface area (TPSA) is 91.8 Å². The Morgan fingerprint density at radius 2 is 1.39 bits per heavy atom. The monoisotopic (exact) mass is 780 g/mol. The molecule has 2 aliphatic rings. The largest absolute Gasteiger partial charge is 0.494 e. The lowest BCUT2D eigenvalue weighted by atomic mass is 9.85. The van der Waals surface area contributed by atoms with Crippen molar-refractivity contribution < 1.29 is 22.7 Å². The summed E-state index contributed by atoms with van der Waals surface area (Å²) in [5.41, 5.74) is 3.19. The molecular formula is C38H51Cl3N4O5S. The Kier molecular flexibility index (Phi) is 14.7. The van der Waals surface area contributed by atoms with Crippen LogP contribution in [0.4, 0.5) is 4.79 Å². The van der Waals surface area contributed by atoms with Gasteiger partial charge >= 0.3 is 6.03 Å². The first-order valence-electron chi connectivity index (χ1n) is 16.7. The van der Waals surface area contributed by atoms with Crippen molar-refractivity contribution >= 4 is 57.3 Å². The Morgan fingerprint density at radius 3 is 1.90 bits per heavy atom. The van der Waals surface area contributed by atoms with E-state index in [-0.39, 0.29) is 37.0 Å². The predicted molar refractivity (Wildman–Crippen MR) is 211 cm³/mol. The van der Waals surface area contributed by atoms with E-state index in [0.717, 1.165) is 16.7 Å². The van der Waals surface area contributed by atoms with E-state index in [9.17, 15) is 13.2 Å². The minimum absolute atomic E-state index is 0. The number of piperazine rings is 1. The van der Waals surface area contributed by atoms with Gasteiger partial charge in [0.05, 0.1) is 30.6 Å². The third-order valence-corrected chi connectivity index (χ3v) is 10.3. The van der Waals surface area contributed by atoms with Crippen LogP contribution >= 0.6 is 35.6 Å². The van der Waals surface area contributed by atoms with Crippen LogP contribution in [-0.4, -0.2) is 92.9 Å². The molecule has 2 atom stereocenters. The molecule has 1 fully saturated rings. The molecule has 0 aromatic heterocycles. The number of hydrogen-bond donors (Lipinski definition) is 0. The van der Waals surface area contributed by atoms with Crippen LogP contribution in [0.2, 0.25) is 10.0 Å². The SMILES string of the molecule is C.CCOc1cc(C(C)(C)C)c(OCC)cc1C1=N[C@@H](c2ccc(Cl)cc2)[C@@H](c2ccc(Cl)cc2)N1C(=O)N1CCN(CCS(C)(=O)=O)CC1.Cl. The number of carbonyl (C=O) groups is 1. The standard InChI is InChI=1S/C37H46Cl2N4O5S.CH4.ClH/c1-7-47-31-24-30(37(3,4)5)32(48-8-2)23-29(31)35-40-33(25-9-13-27(38)14-10-25)34(26-11-15-28(39)16-12-26)43(35)36(44)42-19-17-41(18-20-42)21-22-49(6,45)46;;/h9-16,23-24,33-34H,7-8,17-22H2,1-6H3;1H4;1H/t33-,34+;;/m0../s1. The van der Waals surface area contributed by atoms with E-state index in [1.165, 1.54) is 6.26 Å². The van der Waals surface area contributed by atoms with Gasteiger partial charge in [-0.25, -0.2) is 13.2 Å². The second-order valence-electron chi connectivity index (χ2n) is 13.5.